The van der Waals surface area contributed by atoms with Gasteiger partial charge in [0, 0.05) is 31.5 Å². The van der Waals surface area contributed by atoms with Crippen LogP contribution in [0.5, 0.6) is 0 Å². The summed E-state index contributed by atoms with van der Waals surface area (Å²) in [5, 5.41) is 3.25. The summed E-state index contributed by atoms with van der Waals surface area (Å²) in [6.07, 6.45) is 3.81. The number of unbranched alkanes of at least 4 members (excludes halogenated alkanes) is 1. The molecule has 0 spiro atoms. The molecule has 0 fully saturated rings. The third-order valence-corrected chi connectivity index (χ3v) is 3.20. The van der Waals surface area contributed by atoms with E-state index in [1.165, 1.54) is 0 Å². The second kappa shape index (κ2) is 6.61. The number of nitrogens with zero attached hydrogens (tertiary/aromatic N) is 2. The zero-order valence-electron chi connectivity index (χ0n) is 11.7. The molecule has 0 unspecified atom stereocenters. The van der Waals surface area contributed by atoms with Gasteiger partial charge in [0.15, 0.2) is 5.69 Å². The first-order chi connectivity index (χ1) is 9.26. The van der Waals surface area contributed by atoms with Crippen molar-refractivity contribution >= 4 is 5.97 Å². The van der Waals surface area contributed by atoms with Crippen LogP contribution in [0, 0.1) is 0 Å². The molecule has 0 saturated heterocycles. The zero-order valence-corrected chi connectivity index (χ0v) is 11.7. The Morgan fingerprint density at radius 2 is 2.21 bits per heavy atom. The van der Waals surface area contributed by atoms with Crippen molar-refractivity contribution < 1.29 is 9.53 Å². The van der Waals surface area contributed by atoms with Crippen molar-refractivity contribution in [2.45, 2.75) is 46.1 Å². The van der Waals surface area contributed by atoms with Crippen LogP contribution in [0.4, 0.5) is 0 Å². The quantitative estimate of drug-likeness (QED) is 0.818. The number of nitrogens with one attached hydrogen (secondary N) is 1. The van der Waals surface area contributed by atoms with Gasteiger partial charge in [0.2, 0.25) is 0 Å². The first-order valence-electron chi connectivity index (χ1n) is 7.02. The standard InChI is InChI=1S/C14H21N3O2/c1-3-5-6-12-16-11-7-8-15-9-10(11)13(17-12)14(18)19-4-2/h15H,3-9H2,1-2H3. The second-order valence-corrected chi connectivity index (χ2v) is 4.66. The van der Waals surface area contributed by atoms with Gasteiger partial charge in [-0.05, 0) is 13.3 Å². The molecular weight excluding hydrogens is 242 g/mol. The smallest absolute Gasteiger partial charge is 0.357 e. The molecule has 5 heteroatoms. The van der Waals surface area contributed by atoms with E-state index in [4.69, 9.17) is 4.74 Å². The maximum absolute atomic E-state index is 12.0. The molecule has 2 heterocycles. The van der Waals surface area contributed by atoms with Crippen LogP contribution in [0.25, 0.3) is 0 Å². The molecule has 0 radical (unpaired) electrons. The van der Waals surface area contributed by atoms with E-state index in [1.807, 2.05) is 6.92 Å². The van der Waals surface area contributed by atoms with Gasteiger partial charge in [0.25, 0.3) is 0 Å². The summed E-state index contributed by atoms with van der Waals surface area (Å²) in [5.74, 6) is 0.438. The summed E-state index contributed by atoms with van der Waals surface area (Å²) in [7, 11) is 0. The summed E-state index contributed by atoms with van der Waals surface area (Å²) in [6.45, 7) is 5.86. The van der Waals surface area contributed by atoms with Crippen LogP contribution in [-0.2, 0) is 24.1 Å². The molecule has 1 N–H and O–H groups in total. The number of fused-ring (bicyclic) bond motifs is 1. The molecule has 104 valence electrons. The topological polar surface area (TPSA) is 64.1 Å². The number of carbonyl (C=O) groups is 1. The Balaban J connectivity index is 2.34. The molecule has 1 aromatic heterocycles. The zero-order chi connectivity index (χ0) is 13.7. The Morgan fingerprint density at radius 3 is 2.95 bits per heavy atom. The Labute approximate surface area is 113 Å². The number of aromatic nitrogens is 2. The van der Waals surface area contributed by atoms with Crippen LogP contribution < -0.4 is 5.32 Å². The molecule has 1 aliphatic heterocycles. The molecule has 0 atom stereocenters. The van der Waals surface area contributed by atoms with Crippen LogP contribution in [0.2, 0.25) is 0 Å². The molecule has 0 bridgehead atoms. The second-order valence-electron chi connectivity index (χ2n) is 4.66. The molecule has 19 heavy (non-hydrogen) atoms. The number of ether oxygens (including phenoxy) is 1. The highest BCUT2D eigenvalue weighted by molar-refractivity contribution is 5.89. The fourth-order valence-electron chi connectivity index (χ4n) is 2.21. The maximum Gasteiger partial charge on any atom is 0.357 e. The number of carbonyl (C=O) groups excluding carboxylic acids is 1. The lowest BCUT2D eigenvalue weighted by molar-refractivity contribution is 0.0516. The fraction of sp³-hybridized carbons (Fsp3) is 0.643. The highest BCUT2D eigenvalue weighted by Crippen LogP contribution is 2.17. The van der Waals surface area contributed by atoms with Crippen LogP contribution in [0.3, 0.4) is 0 Å². The van der Waals surface area contributed by atoms with Crippen molar-refractivity contribution in [3.8, 4) is 0 Å². The predicted molar refractivity (Wildman–Crippen MR) is 72.0 cm³/mol. The van der Waals surface area contributed by atoms with Crippen molar-refractivity contribution in [3.05, 3.63) is 22.8 Å². The van der Waals surface area contributed by atoms with Gasteiger partial charge in [-0.2, -0.15) is 0 Å². The van der Waals surface area contributed by atoms with Gasteiger partial charge in [-0.15, -0.1) is 0 Å². The average molecular weight is 263 g/mol. The van der Waals surface area contributed by atoms with E-state index >= 15 is 0 Å². The number of rotatable bonds is 5. The number of esters is 1. The number of hydrogen-bond acceptors (Lipinski definition) is 5. The Kier molecular flexibility index (Phi) is 4.85. The van der Waals surface area contributed by atoms with Crippen molar-refractivity contribution in [2.75, 3.05) is 13.2 Å². The number of aryl methyl sites for hydroxylation is 1. The maximum atomic E-state index is 12.0. The van der Waals surface area contributed by atoms with E-state index in [1.54, 1.807) is 0 Å². The van der Waals surface area contributed by atoms with E-state index in [-0.39, 0.29) is 5.97 Å². The van der Waals surface area contributed by atoms with Crippen LogP contribution >= 0.6 is 0 Å². The highest BCUT2D eigenvalue weighted by Gasteiger charge is 2.22. The Morgan fingerprint density at radius 1 is 1.37 bits per heavy atom. The minimum atomic E-state index is -0.331. The first kappa shape index (κ1) is 13.9. The van der Waals surface area contributed by atoms with Gasteiger partial charge in [-0.3, -0.25) is 0 Å². The monoisotopic (exact) mass is 263 g/mol. The summed E-state index contributed by atoms with van der Waals surface area (Å²) in [6, 6.07) is 0. The normalized spacial score (nSPS) is 14.0. The van der Waals surface area contributed by atoms with Crippen molar-refractivity contribution in [1.29, 1.82) is 0 Å². The van der Waals surface area contributed by atoms with E-state index < -0.39 is 0 Å². The highest BCUT2D eigenvalue weighted by atomic mass is 16.5. The van der Waals surface area contributed by atoms with Crippen LogP contribution in [-0.4, -0.2) is 29.1 Å². The Hall–Kier alpha value is -1.49. The van der Waals surface area contributed by atoms with Gasteiger partial charge in [0.1, 0.15) is 5.82 Å². The summed E-state index contributed by atoms with van der Waals surface area (Å²) in [5.41, 5.74) is 2.36. The fourth-order valence-corrected chi connectivity index (χ4v) is 2.21. The third-order valence-electron chi connectivity index (χ3n) is 3.20. The van der Waals surface area contributed by atoms with Gasteiger partial charge < -0.3 is 10.1 Å². The molecular formula is C14H21N3O2. The lowest BCUT2D eigenvalue weighted by Gasteiger charge is -2.19. The molecule has 0 aliphatic carbocycles. The summed E-state index contributed by atoms with van der Waals surface area (Å²) >= 11 is 0. The molecule has 2 rings (SSSR count). The van der Waals surface area contributed by atoms with Gasteiger partial charge in [-0.25, -0.2) is 14.8 Å². The van der Waals surface area contributed by atoms with Crippen molar-refractivity contribution in [1.82, 2.24) is 15.3 Å². The first-order valence-corrected chi connectivity index (χ1v) is 7.02. The van der Waals surface area contributed by atoms with Crippen molar-refractivity contribution in [2.24, 2.45) is 0 Å². The largest absolute Gasteiger partial charge is 0.461 e. The summed E-state index contributed by atoms with van der Waals surface area (Å²) < 4.78 is 5.10. The third kappa shape index (κ3) is 3.29. The summed E-state index contributed by atoms with van der Waals surface area (Å²) in [4.78, 5) is 21.0. The van der Waals surface area contributed by atoms with E-state index in [0.29, 0.717) is 18.8 Å². The van der Waals surface area contributed by atoms with Gasteiger partial charge in [-0.1, -0.05) is 13.3 Å². The molecule has 0 amide bonds. The lowest BCUT2D eigenvalue weighted by atomic mass is 10.0. The molecule has 0 saturated carbocycles. The lowest BCUT2D eigenvalue weighted by Crippen LogP contribution is -2.29. The number of hydrogen-bond donors (Lipinski definition) is 1. The molecule has 5 nitrogen and oxygen atoms in total. The van der Waals surface area contributed by atoms with Gasteiger partial charge >= 0.3 is 5.97 Å². The minimum Gasteiger partial charge on any atom is -0.461 e. The molecule has 1 aromatic rings. The average Bonchev–Trinajstić information content (AvgIpc) is 2.44. The molecule has 1 aliphatic rings. The van der Waals surface area contributed by atoms with Crippen molar-refractivity contribution in [3.63, 3.8) is 0 Å². The van der Waals surface area contributed by atoms with E-state index in [9.17, 15) is 4.79 Å². The minimum absolute atomic E-state index is 0.331. The Bertz CT molecular complexity index is 460. The van der Waals surface area contributed by atoms with Crippen LogP contribution in [0.15, 0.2) is 0 Å². The van der Waals surface area contributed by atoms with E-state index in [0.717, 1.165) is 49.3 Å². The molecule has 0 aromatic carbocycles. The SMILES string of the molecule is CCCCc1nc2c(c(C(=O)OCC)n1)CNCC2. The van der Waals surface area contributed by atoms with Gasteiger partial charge in [0.05, 0.1) is 12.3 Å². The predicted octanol–water partition coefficient (Wildman–Crippen LogP) is 1.64. The van der Waals surface area contributed by atoms with Crippen LogP contribution in [0.1, 0.15) is 54.3 Å². The van der Waals surface area contributed by atoms with E-state index in [2.05, 4.69) is 22.2 Å².